The van der Waals surface area contributed by atoms with Crippen LogP contribution in [0.5, 0.6) is 0 Å². The van der Waals surface area contributed by atoms with Gasteiger partial charge in [-0.25, -0.2) is 9.79 Å². The van der Waals surface area contributed by atoms with Crippen LogP contribution in [-0.2, 0) is 18.4 Å². The summed E-state index contributed by atoms with van der Waals surface area (Å²) >= 11 is 0. The van der Waals surface area contributed by atoms with Crippen LogP contribution in [-0.4, -0.2) is 46.2 Å². The summed E-state index contributed by atoms with van der Waals surface area (Å²) in [6.45, 7) is 13.4. The first-order chi connectivity index (χ1) is 12.6. The molecule has 1 aliphatic heterocycles. The fourth-order valence-electron chi connectivity index (χ4n) is 3.77. The predicted octanol–water partition coefficient (Wildman–Crippen LogP) is 5.31. The average molecular weight is 388 g/mol. The Balaban J connectivity index is 0.000000590. The maximum atomic E-state index is 9.55. The number of nitrogens with zero attached hydrogens (tertiary/aromatic N) is 1. The molecule has 0 N–H and O–H groups in total. The molecule has 0 spiro atoms. The van der Waals surface area contributed by atoms with E-state index in [0.29, 0.717) is 6.54 Å². The molecule has 0 amide bonds. The third-order valence-corrected chi connectivity index (χ3v) is 9.62. The third kappa shape index (κ3) is 8.01. The minimum atomic E-state index is -2.21. The maximum Gasteiger partial charge on any atom is 0.371 e. The molecular weight excluding hydrogens is 346 g/mol. The van der Waals surface area contributed by atoms with Crippen LogP contribution in [0.4, 0.5) is 0 Å². The van der Waals surface area contributed by atoms with Gasteiger partial charge in [0, 0.05) is 19.8 Å². The molecule has 1 fully saturated rings. The van der Waals surface area contributed by atoms with Crippen molar-refractivity contribution in [1.82, 2.24) is 0 Å². The average Bonchev–Trinajstić information content (AvgIpc) is 2.65. The summed E-state index contributed by atoms with van der Waals surface area (Å²) in [6, 6.07) is 1.09. The van der Waals surface area contributed by atoms with Gasteiger partial charge in [-0.3, -0.25) is 0 Å². The summed E-state index contributed by atoms with van der Waals surface area (Å²) in [6.07, 6.45) is 10.8. The molecule has 1 rings (SSSR count). The lowest BCUT2D eigenvalue weighted by Crippen LogP contribution is -2.65. The van der Waals surface area contributed by atoms with Gasteiger partial charge >= 0.3 is 8.56 Å². The normalized spacial score (nSPS) is 21.4. The molecule has 1 saturated heterocycles. The van der Waals surface area contributed by atoms with Crippen molar-refractivity contribution in [1.29, 1.82) is 0 Å². The third-order valence-electron chi connectivity index (χ3n) is 4.97. The van der Waals surface area contributed by atoms with Gasteiger partial charge < -0.3 is 13.6 Å². The van der Waals surface area contributed by atoms with Crippen LogP contribution in [0, 0.1) is 0 Å². The second-order valence-electron chi connectivity index (χ2n) is 6.64. The minimum absolute atomic E-state index is 0.119. The first-order valence-electron chi connectivity index (χ1n) is 10.6. The van der Waals surface area contributed by atoms with Crippen molar-refractivity contribution in [2.24, 2.45) is 4.99 Å². The molecule has 5 nitrogen and oxygen atoms in total. The van der Waals surface area contributed by atoms with Crippen LogP contribution in [0.15, 0.2) is 4.99 Å². The molecule has 0 aromatic carbocycles. The number of ether oxygens (including phenoxy) is 1. The summed E-state index contributed by atoms with van der Waals surface area (Å²) in [5.74, 6) is 0. The number of hydrogen-bond acceptors (Lipinski definition) is 5. The van der Waals surface area contributed by atoms with Gasteiger partial charge in [-0.2, -0.15) is 0 Å². The highest BCUT2D eigenvalue weighted by Crippen LogP contribution is 2.42. The van der Waals surface area contributed by atoms with Crippen molar-refractivity contribution < 1.29 is 18.4 Å². The molecule has 6 heteroatoms. The lowest BCUT2D eigenvalue weighted by Gasteiger charge is -2.49. The molecule has 0 radical (unpaired) electrons. The van der Waals surface area contributed by atoms with Gasteiger partial charge in [0.05, 0.1) is 6.54 Å². The van der Waals surface area contributed by atoms with Gasteiger partial charge in [0.15, 0.2) is 0 Å². The van der Waals surface area contributed by atoms with Crippen molar-refractivity contribution in [2.45, 2.75) is 97.3 Å². The van der Waals surface area contributed by atoms with E-state index >= 15 is 0 Å². The number of rotatable bonds is 12. The van der Waals surface area contributed by atoms with Crippen molar-refractivity contribution in [3.8, 4) is 0 Å². The molecule has 1 aliphatic rings. The Morgan fingerprint density at radius 3 is 2.15 bits per heavy atom. The Morgan fingerprint density at radius 1 is 0.962 bits per heavy atom. The monoisotopic (exact) mass is 387 g/mol. The van der Waals surface area contributed by atoms with Crippen LogP contribution in [0.2, 0.25) is 6.04 Å². The lowest BCUT2D eigenvalue weighted by molar-refractivity contribution is -0.0426. The van der Waals surface area contributed by atoms with E-state index in [-0.39, 0.29) is 5.22 Å². The topological polar surface area (TPSA) is 57.1 Å². The van der Waals surface area contributed by atoms with Crippen LogP contribution >= 0.6 is 0 Å². The molecular formula is C20H41NO4Si. The maximum absolute atomic E-state index is 9.55. The molecule has 1 atom stereocenters. The van der Waals surface area contributed by atoms with Crippen molar-refractivity contribution in [3.63, 3.8) is 0 Å². The summed E-state index contributed by atoms with van der Waals surface area (Å²) < 4.78 is 18.5. The Hall–Kier alpha value is -0.523. The highest BCUT2D eigenvalue weighted by Gasteiger charge is 2.58. The molecule has 0 bridgehead atoms. The highest BCUT2D eigenvalue weighted by atomic mass is 28.4. The molecule has 0 aromatic rings. The van der Waals surface area contributed by atoms with Crippen LogP contribution in [0.25, 0.3) is 0 Å². The number of carbonyl (C=O) groups excluding carboxylic acids is 1. The number of aliphatic imine (C=N–C) groups is 1. The van der Waals surface area contributed by atoms with E-state index < -0.39 is 8.56 Å². The predicted molar refractivity (Wildman–Crippen MR) is 109 cm³/mol. The smallest absolute Gasteiger partial charge is 0.371 e. The lowest BCUT2D eigenvalue weighted by atomic mass is 10.1. The standard InChI is InChI=1S/C13H28O3Si.C7H13NO/c1-5-13(14-6-2)11-9-10-12-17(13,15-7-3)16-8-4;1-2-3-4-5-6-8-7-9/h5-12H2,1-4H3;2-6H2,1H3. The second-order valence-corrected chi connectivity index (χ2v) is 10.1. The van der Waals surface area contributed by atoms with E-state index in [9.17, 15) is 4.79 Å². The Bertz CT molecular complexity index is 372. The van der Waals surface area contributed by atoms with E-state index in [4.69, 9.17) is 13.6 Å². The van der Waals surface area contributed by atoms with Gasteiger partial charge in [-0.1, -0.05) is 46.0 Å². The summed E-state index contributed by atoms with van der Waals surface area (Å²) in [5.41, 5.74) is 0. The highest BCUT2D eigenvalue weighted by molar-refractivity contribution is 6.70. The summed E-state index contributed by atoms with van der Waals surface area (Å²) in [4.78, 5) is 13.0. The minimum Gasteiger partial charge on any atom is -0.393 e. The van der Waals surface area contributed by atoms with E-state index in [1.807, 2.05) is 0 Å². The zero-order chi connectivity index (χ0) is 19.7. The van der Waals surface area contributed by atoms with Crippen LogP contribution in [0.3, 0.4) is 0 Å². The Kier molecular flexibility index (Phi) is 15.2. The van der Waals surface area contributed by atoms with Crippen molar-refractivity contribution >= 4 is 14.6 Å². The number of isocyanates is 1. The van der Waals surface area contributed by atoms with Gasteiger partial charge in [0.2, 0.25) is 6.08 Å². The van der Waals surface area contributed by atoms with Gasteiger partial charge in [-0.15, -0.1) is 0 Å². The summed E-state index contributed by atoms with van der Waals surface area (Å²) in [7, 11) is -2.21. The molecule has 0 aliphatic carbocycles. The first kappa shape index (κ1) is 25.5. The quantitative estimate of drug-likeness (QED) is 0.197. The number of hydrogen-bond donors (Lipinski definition) is 0. The largest absolute Gasteiger partial charge is 0.393 e. The van der Waals surface area contributed by atoms with Crippen molar-refractivity contribution in [3.05, 3.63) is 0 Å². The number of unbranched alkanes of at least 4 members (excludes halogenated alkanes) is 3. The fraction of sp³-hybridized carbons (Fsp3) is 0.950. The zero-order valence-electron chi connectivity index (χ0n) is 17.8. The molecule has 0 saturated carbocycles. The van der Waals surface area contributed by atoms with Gasteiger partial charge in [0.1, 0.15) is 5.22 Å². The van der Waals surface area contributed by atoms with Crippen molar-refractivity contribution in [2.75, 3.05) is 26.4 Å². The van der Waals surface area contributed by atoms with E-state index in [0.717, 1.165) is 45.1 Å². The molecule has 154 valence electrons. The van der Waals surface area contributed by atoms with Gasteiger partial charge in [0.25, 0.3) is 0 Å². The second kappa shape index (κ2) is 15.5. The van der Waals surface area contributed by atoms with E-state index in [1.54, 1.807) is 0 Å². The van der Waals surface area contributed by atoms with Gasteiger partial charge in [-0.05, 0) is 46.1 Å². The van der Waals surface area contributed by atoms with E-state index in [2.05, 4.69) is 39.6 Å². The SMILES string of the molecule is CCCCCCN=C=O.CCOC1(CC)CCCC[Si]1(OCC)OCC. The Morgan fingerprint density at radius 2 is 1.65 bits per heavy atom. The summed E-state index contributed by atoms with van der Waals surface area (Å²) in [5, 5.41) is -0.119. The molecule has 0 aromatic heterocycles. The first-order valence-corrected chi connectivity index (χ1v) is 12.6. The zero-order valence-corrected chi connectivity index (χ0v) is 18.8. The van der Waals surface area contributed by atoms with Crippen LogP contribution < -0.4 is 0 Å². The Labute approximate surface area is 162 Å². The van der Waals surface area contributed by atoms with E-state index in [1.165, 1.54) is 38.2 Å². The van der Waals surface area contributed by atoms with Crippen LogP contribution in [0.1, 0.15) is 86.0 Å². The molecule has 1 heterocycles. The fourth-order valence-corrected chi connectivity index (χ4v) is 8.23. The molecule has 1 unspecified atom stereocenters. The molecule has 26 heavy (non-hydrogen) atoms.